The van der Waals surface area contributed by atoms with Gasteiger partial charge in [0.1, 0.15) is 5.00 Å². The maximum Gasteiger partial charge on any atom is 0.341 e. The number of hydrogen-bond donors (Lipinski definition) is 1. The normalized spacial score (nSPS) is 12.7. The highest BCUT2D eigenvalue weighted by Crippen LogP contribution is 2.39. The second-order valence-electron chi connectivity index (χ2n) is 6.11. The number of thiophene rings is 1. The first kappa shape index (κ1) is 20.4. The molecule has 0 fully saturated rings. The quantitative estimate of drug-likeness (QED) is 0.503. The van der Waals surface area contributed by atoms with Crippen LogP contribution in [-0.4, -0.2) is 33.2 Å². The Morgan fingerprint density at radius 3 is 2.64 bits per heavy atom. The van der Waals surface area contributed by atoms with Crippen LogP contribution in [0.15, 0.2) is 22.7 Å². The lowest BCUT2D eigenvalue weighted by Crippen LogP contribution is -2.12. The first-order chi connectivity index (χ1) is 13.5. The van der Waals surface area contributed by atoms with Crippen LogP contribution in [-0.2, 0) is 22.4 Å². The van der Waals surface area contributed by atoms with Gasteiger partial charge in [-0.25, -0.2) is 4.79 Å². The number of esters is 1. The fourth-order valence-electron chi connectivity index (χ4n) is 3.17. The number of carbonyl (C=O) groups is 2. The Labute approximate surface area is 175 Å². The van der Waals surface area contributed by atoms with E-state index in [0.29, 0.717) is 22.1 Å². The maximum absolute atomic E-state index is 12.4. The molecule has 1 N–H and O–H groups in total. The molecule has 1 amide bonds. The van der Waals surface area contributed by atoms with E-state index in [1.165, 1.54) is 24.5 Å². The van der Waals surface area contributed by atoms with Crippen molar-refractivity contribution in [2.24, 2.45) is 0 Å². The molecular weight excluding hydrogens is 446 g/mol. The molecule has 0 bridgehead atoms. The minimum Gasteiger partial charge on any atom is -0.493 e. The van der Waals surface area contributed by atoms with Gasteiger partial charge in [0.2, 0.25) is 5.91 Å². The van der Waals surface area contributed by atoms with Crippen LogP contribution in [0.1, 0.15) is 32.8 Å². The molecule has 1 aliphatic rings. The summed E-state index contributed by atoms with van der Waals surface area (Å²) >= 11 is 4.87. The zero-order valence-electron chi connectivity index (χ0n) is 15.8. The molecule has 148 valence electrons. The Morgan fingerprint density at radius 1 is 1.18 bits per heavy atom. The Bertz CT molecular complexity index is 951. The molecule has 0 aliphatic heterocycles. The van der Waals surface area contributed by atoms with Crippen molar-refractivity contribution in [2.45, 2.75) is 19.3 Å². The van der Waals surface area contributed by atoms with Crippen molar-refractivity contribution in [3.8, 4) is 11.5 Å². The number of anilines is 1. The van der Waals surface area contributed by atoms with Crippen molar-refractivity contribution in [1.82, 2.24) is 0 Å². The first-order valence-corrected chi connectivity index (χ1v) is 10.2. The van der Waals surface area contributed by atoms with Gasteiger partial charge in [-0.1, -0.05) is 0 Å². The van der Waals surface area contributed by atoms with E-state index in [9.17, 15) is 9.59 Å². The van der Waals surface area contributed by atoms with Gasteiger partial charge in [-0.2, -0.15) is 0 Å². The number of nitrogens with one attached hydrogen (secondary N) is 1. The lowest BCUT2D eigenvalue weighted by atomic mass is 10.1. The Kier molecular flexibility index (Phi) is 6.41. The van der Waals surface area contributed by atoms with Crippen molar-refractivity contribution in [1.29, 1.82) is 0 Å². The second-order valence-corrected chi connectivity index (χ2v) is 8.07. The monoisotopic (exact) mass is 465 g/mol. The summed E-state index contributed by atoms with van der Waals surface area (Å²) in [5.41, 5.74) is 2.25. The average molecular weight is 466 g/mol. The van der Waals surface area contributed by atoms with Crippen molar-refractivity contribution in [2.75, 3.05) is 26.6 Å². The molecule has 2 aromatic rings. The molecule has 3 rings (SSSR count). The minimum atomic E-state index is -0.414. The van der Waals surface area contributed by atoms with E-state index < -0.39 is 5.97 Å². The van der Waals surface area contributed by atoms with Crippen LogP contribution >= 0.6 is 27.3 Å². The molecule has 1 aromatic heterocycles. The summed E-state index contributed by atoms with van der Waals surface area (Å²) in [5.74, 6) is 0.401. The van der Waals surface area contributed by atoms with Crippen LogP contribution < -0.4 is 14.8 Å². The molecule has 0 saturated heterocycles. The third-order valence-electron chi connectivity index (χ3n) is 4.43. The Morgan fingerprint density at radius 2 is 1.96 bits per heavy atom. The van der Waals surface area contributed by atoms with Gasteiger partial charge in [-0.15, -0.1) is 11.3 Å². The van der Waals surface area contributed by atoms with Crippen LogP contribution in [0, 0.1) is 0 Å². The number of methoxy groups -OCH3 is 3. The van der Waals surface area contributed by atoms with Crippen LogP contribution in [0.4, 0.5) is 5.00 Å². The summed E-state index contributed by atoms with van der Waals surface area (Å²) in [6.45, 7) is 0. The van der Waals surface area contributed by atoms with Crippen molar-refractivity contribution >= 4 is 50.2 Å². The number of carbonyl (C=O) groups excluding carboxylic acids is 2. The number of benzene rings is 1. The van der Waals surface area contributed by atoms with Gasteiger partial charge in [0, 0.05) is 11.0 Å². The predicted molar refractivity (Wildman–Crippen MR) is 113 cm³/mol. The van der Waals surface area contributed by atoms with Gasteiger partial charge < -0.3 is 19.5 Å². The van der Waals surface area contributed by atoms with E-state index in [1.54, 1.807) is 26.4 Å². The van der Waals surface area contributed by atoms with Gasteiger partial charge in [-0.05, 0) is 64.5 Å². The molecule has 0 saturated carbocycles. The van der Waals surface area contributed by atoms with E-state index >= 15 is 0 Å². The summed E-state index contributed by atoms with van der Waals surface area (Å²) in [7, 11) is 4.46. The summed E-state index contributed by atoms with van der Waals surface area (Å²) in [5, 5.41) is 3.36. The molecule has 0 atom stereocenters. The fraction of sp³-hybridized carbons (Fsp3) is 0.300. The molecule has 6 nitrogen and oxygen atoms in total. The van der Waals surface area contributed by atoms with E-state index in [2.05, 4.69) is 21.2 Å². The van der Waals surface area contributed by atoms with Crippen molar-refractivity contribution in [3.05, 3.63) is 44.2 Å². The number of aryl methyl sites for hydroxylation is 1. The van der Waals surface area contributed by atoms with E-state index in [1.807, 2.05) is 6.07 Å². The Hall–Kier alpha value is -2.32. The SMILES string of the molecule is COC(=O)c1c(NC(=O)/C=C/c2cc(Br)c(OC)c(OC)c2)sc2c1CCC2. The zero-order chi connectivity index (χ0) is 20.3. The summed E-state index contributed by atoms with van der Waals surface area (Å²) in [4.78, 5) is 25.7. The number of rotatable bonds is 6. The highest BCUT2D eigenvalue weighted by molar-refractivity contribution is 9.10. The van der Waals surface area contributed by atoms with Gasteiger partial charge in [0.05, 0.1) is 31.4 Å². The number of halogens is 1. The third-order valence-corrected chi connectivity index (χ3v) is 6.23. The smallest absolute Gasteiger partial charge is 0.341 e. The largest absolute Gasteiger partial charge is 0.493 e. The molecule has 0 radical (unpaired) electrons. The van der Waals surface area contributed by atoms with Crippen molar-refractivity contribution in [3.63, 3.8) is 0 Å². The highest BCUT2D eigenvalue weighted by Gasteiger charge is 2.27. The van der Waals surface area contributed by atoms with E-state index in [-0.39, 0.29) is 5.91 Å². The molecule has 28 heavy (non-hydrogen) atoms. The molecule has 0 unspecified atom stereocenters. The third kappa shape index (κ3) is 4.07. The van der Waals surface area contributed by atoms with E-state index in [4.69, 9.17) is 14.2 Å². The van der Waals surface area contributed by atoms with E-state index in [0.717, 1.165) is 39.7 Å². The first-order valence-electron chi connectivity index (χ1n) is 8.62. The van der Waals surface area contributed by atoms with Crippen molar-refractivity contribution < 1.29 is 23.8 Å². The second kappa shape index (κ2) is 8.79. The summed E-state index contributed by atoms with van der Waals surface area (Å²) in [6, 6.07) is 3.59. The summed E-state index contributed by atoms with van der Waals surface area (Å²) < 4.78 is 16.2. The average Bonchev–Trinajstić information content (AvgIpc) is 3.26. The molecule has 1 heterocycles. The lowest BCUT2D eigenvalue weighted by Gasteiger charge is -2.10. The molecule has 1 aromatic carbocycles. The zero-order valence-corrected chi connectivity index (χ0v) is 18.2. The van der Waals surface area contributed by atoms with Gasteiger partial charge in [0.15, 0.2) is 11.5 Å². The standard InChI is InChI=1S/C20H20BrNO5S/c1-25-14-10-11(9-13(21)18(14)26-2)7-8-16(23)22-19-17(20(24)27-3)12-5-4-6-15(12)28-19/h7-10H,4-6H2,1-3H3,(H,22,23)/b8-7+. The molecular formula is C20H20BrNO5S. The predicted octanol–water partition coefficient (Wildman–Crippen LogP) is 4.46. The van der Waals surface area contributed by atoms with Gasteiger partial charge in [-0.3, -0.25) is 4.79 Å². The van der Waals surface area contributed by atoms with Crippen LogP contribution in [0.3, 0.4) is 0 Å². The van der Waals surface area contributed by atoms with Crippen LogP contribution in [0.25, 0.3) is 6.08 Å². The topological polar surface area (TPSA) is 73.9 Å². The molecule has 1 aliphatic carbocycles. The fourth-order valence-corrected chi connectivity index (χ4v) is 5.07. The summed E-state index contributed by atoms with van der Waals surface area (Å²) in [6.07, 6.45) is 5.87. The minimum absolute atomic E-state index is 0.323. The Balaban J connectivity index is 1.80. The number of fused-ring (bicyclic) bond motifs is 1. The number of ether oxygens (including phenoxy) is 3. The number of hydrogen-bond acceptors (Lipinski definition) is 6. The number of amides is 1. The van der Waals surface area contributed by atoms with Crippen LogP contribution in [0.2, 0.25) is 0 Å². The highest BCUT2D eigenvalue weighted by atomic mass is 79.9. The lowest BCUT2D eigenvalue weighted by molar-refractivity contribution is -0.111. The molecule has 0 spiro atoms. The van der Waals surface area contributed by atoms with Gasteiger partial charge >= 0.3 is 5.97 Å². The maximum atomic E-state index is 12.4. The van der Waals surface area contributed by atoms with Gasteiger partial charge in [0.25, 0.3) is 0 Å². The van der Waals surface area contributed by atoms with Crippen LogP contribution in [0.5, 0.6) is 11.5 Å². The molecule has 8 heteroatoms.